The summed E-state index contributed by atoms with van der Waals surface area (Å²) >= 11 is 1.98. The molecule has 1 saturated heterocycles. The summed E-state index contributed by atoms with van der Waals surface area (Å²) in [5.41, 5.74) is 9.28. The number of nitrogens with two attached hydrogens (primary N) is 1. The van der Waals surface area contributed by atoms with E-state index in [1.807, 2.05) is 30.9 Å². The van der Waals surface area contributed by atoms with Crippen LogP contribution in [0.2, 0.25) is 0 Å². The van der Waals surface area contributed by atoms with Crippen molar-refractivity contribution in [2.24, 2.45) is 5.73 Å². The van der Waals surface area contributed by atoms with Gasteiger partial charge in [-0.3, -0.25) is 5.01 Å². The molecule has 3 N–H and O–H groups in total. The maximum absolute atomic E-state index is 5.71. The quantitative estimate of drug-likeness (QED) is 0.587. The van der Waals surface area contributed by atoms with E-state index in [-0.39, 0.29) is 5.54 Å². The summed E-state index contributed by atoms with van der Waals surface area (Å²) in [5.74, 6) is 2.37. The fourth-order valence-corrected chi connectivity index (χ4v) is 2.77. The molecule has 0 amide bonds. The number of rotatable bonds is 3. The molecule has 0 radical (unpaired) electrons. The molecular weight excluding hydrogens is 158 g/mol. The third kappa shape index (κ3) is 2.33. The van der Waals surface area contributed by atoms with Gasteiger partial charge in [0.05, 0.1) is 5.54 Å². The molecule has 0 aliphatic carbocycles. The first-order chi connectivity index (χ1) is 5.18. The minimum absolute atomic E-state index is 0.175. The van der Waals surface area contributed by atoms with Crippen LogP contribution in [0.25, 0.3) is 0 Å². The van der Waals surface area contributed by atoms with Crippen LogP contribution in [0.15, 0.2) is 0 Å². The lowest BCUT2D eigenvalue weighted by Crippen LogP contribution is -2.56. The Morgan fingerprint density at radius 3 is 2.73 bits per heavy atom. The Morgan fingerprint density at radius 2 is 2.36 bits per heavy atom. The Morgan fingerprint density at radius 1 is 1.64 bits per heavy atom. The highest BCUT2D eigenvalue weighted by Crippen LogP contribution is 2.26. The zero-order chi connectivity index (χ0) is 8.32. The third-order valence-corrected chi connectivity index (χ3v) is 3.20. The van der Waals surface area contributed by atoms with Gasteiger partial charge in [0.2, 0.25) is 0 Å². The summed E-state index contributed by atoms with van der Waals surface area (Å²) in [4.78, 5) is 0. The molecule has 66 valence electrons. The van der Waals surface area contributed by atoms with Crippen LogP contribution in [-0.4, -0.2) is 42.7 Å². The molecule has 0 spiro atoms. The lowest BCUT2D eigenvalue weighted by Gasteiger charge is -2.31. The lowest BCUT2D eigenvalue weighted by atomic mass is 10.0. The molecule has 3 nitrogen and oxygen atoms in total. The van der Waals surface area contributed by atoms with Gasteiger partial charge in [0, 0.05) is 26.4 Å². The molecule has 0 aromatic heterocycles. The van der Waals surface area contributed by atoms with Crippen LogP contribution >= 0.6 is 11.8 Å². The second-order valence-corrected chi connectivity index (χ2v) is 4.40. The van der Waals surface area contributed by atoms with E-state index < -0.39 is 0 Å². The summed E-state index contributed by atoms with van der Waals surface area (Å²) in [6.07, 6.45) is 1.19. The molecule has 1 atom stereocenters. The number of nitrogens with zero attached hydrogens (tertiary/aromatic N) is 1. The Kier molecular flexibility index (Phi) is 3.18. The number of hydrogen-bond acceptors (Lipinski definition) is 4. The SMILES string of the molecule is CN(C)NC1(CN)CCSC1. The summed E-state index contributed by atoms with van der Waals surface area (Å²) in [7, 11) is 4.03. The Balaban J connectivity index is 2.45. The molecule has 11 heavy (non-hydrogen) atoms. The van der Waals surface area contributed by atoms with Crippen molar-refractivity contribution >= 4 is 11.8 Å². The predicted molar refractivity (Wildman–Crippen MR) is 50.6 cm³/mol. The fourth-order valence-electron chi connectivity index (χ4n) is 1.38. The van der Waals surface area contributed by atoms with Gasteiger partial charge in [0.1, 0.15) is 0 Å². The maximum Gasteiger partial charge on any atom is 0.0545 e. The molecule has 0 aromatic rings. The Hall–Kier alpha value is 0.230. The predicted octanol–water partition coefficient (Wildman–Crippen LogP) is -0.113. The minimum Gasteiger partial charge on any atom is -0.329 e. The second kappa shape index (κ2) is 3.76. The highest BCUT2D eigenvalue weighted by Gasteiger charge is 2.32. The molecule has 0 aromatic carbocycles. The average molecular weight is 175 g/mol. The van der Waals surface area contributed by atoms with E-state index in [0.29, 0.717) is 0 Å². The molecule has 1 heterocycles. The smallest absolute Gasteiger partial charge is 0.0545 e. The molecule has 4 heteroatoms. The summed E-state index contributed by atoms with van der Waals surface area (Å²) in [6.45, 7) is 0.734. The lowest BCUT2D eigenvalue weighted by molar-refractivity contribution is 0.181. The van der Waals surface area contributed by atoms with Crippen molar-refractivity contribution < 1.29 is 0 Å². The van der Waals surface area contributed by atoms with Crippen LogP contribution in [0.3, 0.4) is 0 Å². The standard InChI is InChI=1S/C7H17N3S/c1-10(2)9-7(5-8)3-4-11-6-7/h9H,3-6,8H2,1-2H3. The van der Waals surface area contributed by atoms with Crippen molar-refractivity contribution in [2.75, 3.05) is 32.1 Å². The van der Waals surface area contributed by atoms with Crippen molar-refractivity contribution in [3.63, 3.8) is 0 Å². The Labute approximate surface area is 72.7 Å². The first-order valence-corrected chi connectivity index (χ1v) is 5.07. The van der Waals surface area contributed by atoms with Crippen molar-refractivity contribution in [1.29, 1.82) is 0 Å². The molecular formula is C7H17N3S. The van der Waals surface area contributed by atoms with Crippen LogP contribution < -0.4 is 11.2 Å². The zero-order valence-electron chi connectivity index (χ0n) is 7.26. The molecule has 1 aliphatic heterocycles. The third-order valence-electron chi connectivity index (χ3n) is 1.95. The van der Waals surface area contributed by atoms with Gasteiger partial charge >= 0.3 is 0 Å². The molecule has 0 saturated carbocycles. The van der Waals surface area contributed by atoms with Crippen LogP contribution in [0.4, 0.5) is 0 Å². The van der Waals surface area contributed by atoms with Gasteiger partial charge in [0.25, 0.3) is 0 Å². The van der Waals surface area contributed by atoms with Gasteiger partial charge in [-0.2, -0.15) is 11.8 Å². The van der Waals surface area contributed by atoms with Gasteiger partial charge in [0.15, 0.2) is 0 Å². The van der Waals surface area contributed by atoms with Crippen LogP contribution in [0, 0.1) is 0 Å². The van der Waals surface area contributed by atoms with Crippen molar-refractivity contribution in [1.82, 2.24) is 10.4 Å². The summed E-state index contributed by atoms with van der Waals surface area (Å²) < 4.78 is 0. The zero-order valence-corrected chi connectivity index (χ0v) is 8.08. The van der Waals surface area contributed by atoms with Gasteiger partial charge in [-0.25, -0.2) is 5.43 Å². The highest BCUT2D eigenvalue weighted by atomic mass is 32.2. The van der Waals surface area contributed by atoms with Gasteiger partial charge in [-0.05, 0) is 12.2 Å². The fraction of sp³-hybridized carbons (Fsp3) is 1.00. The van der Waals surface area contributed by atoms with E-state index in [4.69, 9.17) is 5.73 Å². The first-order valence-electron chi connectivity index (χ1n) is 3.91. The average Bonchev–Trinajstić information content (AvgIpc) is 2.36. The largest absolute Gasteiger partial charge is 0.329 e. The van der Waals surface area contributed by atoms with E-state index in [0.717, 1.165) is 12.3 Å². The molecule has 1 unspecified atom stereocenters. The molecule has 1 fully saturated rings. The topological polar surface area (TPSA) is 41.3 Å². The van der Waals surface area contributed by atoms with Gasteiger partial charge < -0.3 is 5.73 Å². The first kappa shape index (κ1) is 9.32. The van der Waals surface area contributed by atoms with Gasteiger partial charge in [-0.15, -0.1) is 0 Å². The van der Waals surface area contributed by atoms with Crippen molar-refractivity contribution in [2.45, 2.75) is 12.0 Å². The highest BCUT2D eigenvalue weighted by molar-refractivity contribution is 7.99. The molecule has 1 rings (SSSR count). The normalized spacial score (nSPS) is 31.6. The summed E-state index contributed by atoms with van der Waals surface area (Å²) in [5, 5.41) is 2.00. The monoisotopic (exact) mass is 175 g/mol. The minimum atomic E-state index is 0.175. The Bertz CT molecular complexity index is 121. The number of hydrogen-bond donors (Lipinski definition) is 2. The van der Waals surface area contributed by atoms with E-state index in [1.165, 1.54) is 12.2 Å². The van der Waals surface area contributed by atoms with Gasteiger partial charge in [-0.1, -0.05) is 0 Å². The van der Waals surface area contributed by atoms with Crippen LogP contribution in [0.5, 0.6) is 0 Å². The number of hydrazine groups is 1. The number of thioether (sulfide) groups is 1. The maximum atomic E-state index is 5.71. The summed E-state index contributed by atoms with van der Waals surface area (Å²) in [6, 6.07) is 0. The van der Waals surface area contributed by atoms with E-state index in [9.17, 15) is 0 Å². The van der Waals surface area contributed by atoms with Crippen molar-refractivity contribution in [3.05, 3.63) is 0 Å². The van der Waals surface area contributed by atoms with Crippen molar-refractivity contribution in [3.8, 4) is 0 Å². The second-order valence-electron chi connectivity index (χ2n) is 3.29. The van der Waals surface area contributed by atoms with E-state index in [1.54, 1.807) is 0 Å². The van der Waals surface area contributed by atoms with Crippen LogP contribution in [-0.2, 0) is 0 Å². The van der Waals surface area contributed by atoms with E-state index in [2.05, 4.69) is 5.43 Å². The number of nitrogens with one attached hydrogen (secondary N) is 1. The van der Waals surface area contributed by atoms with Crippen LogP contribution in [0.1, 0.15) is 6.42 Å². The molecule has 1 aliphatic rings. The molecule has 0 bridgehead atoms. The van der Waals surface area contributed by atoms with E-state index >= 15 is 0 Å².